The lowest BCUT2D eigenvalue weighted by Crippen LogP contribution is -2.42. The van der Waals surface area contributed by atoms with Crippen LogP contribution in [0.15, 0.2) is 48.5 Å². The summed E-state index contributed by atoms with van der Waals surface area (Å²) in [5.74, 6) is 2.27. The number of piperidine rings is 2. The monoisotopic (exact) mass is 525 g/mol. The number of likely N-dealkylation sites (tertiary alicyclic amines) is 1. The second-order valence-corrected chi connectivity index (χ2v) is 11.7. The molecule has 2 aromatic rings. The number of nitrogens with zero attached hydrogens (tertiary/aromatic N) is 1. The van der Waals surface area contributed by atoms with E-state index in [4.69, 9.17) is 16.3 Å². The van der Waals surface area contributed by atoms with Gasteiger partial charge in [-0.1, -0.05) is 57.3 Å². The average molecular weight is 526 g/mol. The molecule has 2 aromatic carbocycles. The number of urea groups is 1. The van der Waals surface area contributed by atoms with E-state index in [1.165, 1.54) is 31.2 Å². The van der Waals surface area contributed by atoms with Crippen LogP contribution in [0.4, 0.5) is 10.5 Å². The highest BCUT2D eigenvalue weighted by Gasteiger charge is 2.34. The molecule has 2 bridgehead atoms. The molecule has 3 atom stereocenters. The van der Waals surface area contributed by atoms with Crippen LogP contribution in [0.3, 0.4) is 0 Å². The largest absolute Gasteiger partial charge is 0.490 e. The van der Waals surface area contributed by atoms with Gasteiger partial charge in [0.15, 0.2) is 0 Å². The third-order valence-electron chi connectivity index (χ3n) is 7.83. The highest BCUT2D eigenvalue weighted by molar-refractivity contribution is 6.30. The Morgan fingerprint density at radius 2 is 1.62 bits per heavy atom. The van der Waals surface area contributed by atoms with E-state index in [2.05, 4.69) is 43.5 Å². The topological polar surface area (TPSA) is 53.6 Å². The van der Waals surface area contributed by atoms with Crippen LogP contribution < -0.4 is 15.4 Å². The smallest absolute Gasteiger partial charge is 0.321 e. The van der Waals surface area contributed by atoms with Gasteiger partial charge in [0.05, 0.1) is 0 Å². The lowest BCUT2D eigenvalue weighted by Gasteiger charge is -2.32. The Kier molecular flexibility index (Phi) is 10.2. The number of ether oxygens (including phenoxy) is 1. The summed E-state index contributed by atoms with van der Waals surface area (Å²) in [6, 6.07) is 17.1. The van der Waals surface area contributed by atoms with Gasteiger partial charge in [0.1, 0.15) is 11.9 Å². The predicted octanol–water partition coefficient (Wildman–Crippen LogP) is 7.86. The molecular formula is C31H44ClN3O2. The molecule has 1 unspecified atom stereocenters. The second kappa shape index (κ2) is 13.5. The number of halogens is 1. The number of anilines is 1. The maximum absolute atomic E-state index is 12.7. The van der Waals surface area contributed by atoms with Gasteiger partial charge in [0.2, 0.25) is 0 Å². The number of benzene rings is 2. The molecule has 0 aliphatic carbocycles. The van der Waals surface area contributed by atoms with E-state index in [0.717, 1.165) is 61.2 Å². The first-order chi connectivity index (χ1) is 17.9. The molecule has 5 nitrogen and oxygen atoms in total. The van der Waals surface area contributed by atoms with Gasteiger partial charge in [-0.05, 0) is 92.3 Å². The number of amides is 2. The van der Waals surface area contributed by atoms with Gasteiger partial charge < -0.3 is 20.3 Å². The van der Waals surface area contributed by atoms with Gasteiger partial charge in [-0.25, -0.2) is 4.79 Å². The van der Waals surface area contributed by atoms with E-state index >= 15 is 0 Å². The Bertz CT molecular complexity index is 959. The van der Waals surface area contributed by atoms with Crippen molar-refractivity contribution in [2.45, 2.75) is 96.2 Å². The normalized spacial score (nSPS) is 23.4. The number of hydrogen-bond acceptors (Lipinski definition) is 3. The lowest BCUT2D eigenvalue weighted by atomic mass is 9.89. The number of nitrogens with one attached hydrogen (secondary N) is 2. The lowest BCUT2D eigenvalue weighted by molar-refractivity contribution is 0.137. The van der Waals surface area contributed by atoms with Crippen molar-refractivity contribution >= 4 is 23.3 Å². The Morgan fingerprint density at radius 3 is 2.16 bits per heavy atom. The number of carbonyl (C=O) groups excluding carboxylic acids is 1. The summed E-state index contributed by atoms with van der Waals surface area (Å²) < 4.78 is 6.20. The van der Waals surface area contributed by atoms with Crippen LogP contribution in [0, 0.1) is 5.92 Å². The van der Waals surface area contributed by atoms with Crippen LogP contribution in [0.2, 0.25) is 5.02 Å². The van der Waals surface area contributed by atoms with Crippen LogP contribution in [0.5, 0.6) is 5.75 Å². The van der Waals surface area contributed by atoms with E-state index in [1.54, 1.807) is 0 Å². The maximum Gasteiger partial charge on any atom is 0.321 e. The molecular weight excluding hydrogens is 482 g/mol. The highest BCUT2D eigenvalue weighted by atomic mass is 35.5. The van der Waals surface area contributed by atoms with Gasteiger partial charge in [0, 0.05) is 35.9 Å². The summed E-state index contributed by atoms with van der Waals surface area (Å²) in [5, 5.41) is 7.44. The van der Waals surface area contributed by atoms with E-state index in [-0.39, 0.29) is 6.03 Å². The molecule has 5 rings (SSSR count). The first kappa shape index (κ1) is 27.8. The predicted molar refractivity (Wildman–Crippen MR) is 154 cm³/mol. The fourth-order valence-corrected chi connectivity index (χ4v) is 5.97. The van der Waals surface area contributed by atoms with E-state index in [0.29, 0.717) is 24.1 Å². The standard InChI is InChI=1S/C25H30ClN3O2.C6H14/c26-19-3-1-17(2-4-19)18-11-13-29(14-12-18)25(30)28-20-7-9-23(10-8-20)31-24-15-21-5-6-22(16-24)27-21;1-4-5-6(2)3/h1-4,7-10,18,21-22,24,27H,5-6,11-16H2,(H,28,30);6H,4-5H2,1-3H3/t21-,22+,24?;. The number of carbonyl (C=O) groups is 1. The summed E-state index contributed by atoms with van der Waals surface area (Å²) in [7, 11) is 0. The Labute approximate surface area is 228 Å². The zero-order chi connectivity index (χ0) is 26.2. The van der Waals surface area contributed by atoms with E-state index in [9.17, 15) is 4.79 Å². The molecule has 3 saturated heterocycles. The number of rotatable bonds is 6. The van der Waals surface area contributed by atoms with Crippen molar-refractivity contribution in [1.82, 2.24) is 10.2 Å². The van der Waals surface area contributed by atoms with Crippen LogP contribution in [0.25, 0.3) is 0 Å². The molecule has 2 amide bonds. The molecule has 3 aliphatic heterocycles. The quantitative estimate of drug-likeness (QED) is 0.403. The number of hydrogen-bond donors (Lipinski definition) is 2. The summed E-state index contributed by atoms with van der Waals surface area (Å²) in [4.78, 5) is 14.6. The molecule has 3 heterocycles. The molecule has 202 valence electrons. The maximum atomic E-state index is 12.7. The summed E-state index contributed by atoms with van der Waals surface area (Å²) in [6.45, 7) is 8.25. The van der Waals surface area contributed by atoms with Gasteiger partial charge >= 0.3 is 6.03 Å². The van der Waals surface area contributed by atoms with E-state index in [1.807, 2.05) is 41.3 Å². The van der Waals surface area contributed by atoms with Crippen molar-refractivity contribution in [2.75, 3.05) is 18.4 Å². The van der Waals surface area contributed by atoms with Crippen molar-refractivity contribution < 1.29 is 9.53 Å². The molecule has 2 N–H and O–H groups in total. The third-order valence-corrected chi connectivity index (χ3v) is 8.08. The van der Waals surface area contributed by atoms with Crippen molar-refractivity contribution in [2.24, 2.45) is 5.92 Å². The zero-order valence-corrected chi connectivity index (χ0v) is 23.5. The van der Waals surface area contributed by atoms with Crippen molar-refractivity contribution in [3.05, 3.63) is 59.1 Å². The van der Waals surface area contributed by atoms with Crippen LogP contribution in [-0.4, -0.2) is 42.2 Å². The zero-order valence-electron chi connectivity index (χ0n) is 22.7. The SMILES string of the molecule is CCCC(C)C.O=C(Nc1ccc(OC2C[C@H]3CC[C@@H](C2)N3)cc1)N1CCC(c2ccc(Cl)cc2)CC1. The van der Waals surface area contributed by atoms with Crippen molar-refractivity contribution in [3.8, 4) is 5.75 Å². The number of fused-ring (bicyclic) bond motifs is 2. The van der Waals surface area contributed by atoms with Gasteiger partial charge in [-0.15, -0.1) is 0 Å². The summed E-state index contributed by atoms with van der Waals surface area (Å²) in [6.07, 6.45) is 9.65. The molecule has 0 radical (unpaired) electrons. The minimum Gasteiger partial charge on any atom is -0.490 e. The van der Waals surface area contributed by atoms with E-state index < -0.39 is 0 Å². The van der Waals surface area contributed by atoms with Crippen LogP contribution in [0.1, 0.15) is 83.6 Å². The third kappa shape index (κ3) is 8.38. The fourth-order valence-electron chi connectivity index (χ4n) is 5.84. The molecule has 0 aromatic heterocycles. The Hall–Kier alpha value is -2.24. The molecule has 0 saturated carbocycles. The summed E-state index contributed by atoms with van der Waals surface area (Å²) >= 11 is 5.99. The molecule has 3 aliphatic rings. The Balaban J connectivity index is 0.000000480. The van der Waals surface area contributed by atoms with Gasteiger partial charge in [-0.2, -0.15) is 0 Å². The highest BCUT2D eigenvalue weighted by Crippen LogP contribution is 2.31. The van der Waals surface area contributed by atoms with Crippen LogP contribution in [-0.2, 0) is 0 Å². The molecule has 3 fully saturated rings. The first-order valence-corrected chi connectivity index (χ1v) is 14.6. The van der Waals surface area contributed by atoms with Gasteiger partial charge in [0.25, 0.3) is 0 Å². The second-order valence-electron chi connectivity index (χ2n) is 11.3. The minimum absolute atomic E-state index is 0.0295. The molecule has 0 spiro atoms. The van der Waals surface area contributed by atoms with Crippen LogP contribution >= 0.6 is 11.6 Å². The average Bonchev–Trinajstić information content (AvgIpc) is 3.24. The van der Waals surface area contributed by atoms with Crippen molar-refractivity contribution in [3.63, 3.8) is 0 Å². The first-order valence-electron chi connectivity index (χ1n) is 14.2. The summed E-state index contributed by atoms with van der Waals surface area (Å²) in [5.41, 5.74) is 2.12. The fraction of sp³-hybridized carbons (Fsp3) is 0.581. The molecule has 6 heteroatoms. The van der Waals surface area contributed by atoms with Crippen molar-refractivity contribution in [1.29, 1.82) is 0 Å². The molecule has 37 heavy (non-hydrogen) atoms. The van der Waals surface area contributed by atoms with Gasteiger partial charge in [-0.3, -0.25) is 0 Å². The Morgan fingerprint density at radius 1 is 1.00 bits per heavy atom. The minimum atomic E-state index is -0.0295.